The lowest BCUT2D eigenvalue weighted by Crippen LogP contribution is -2.01. The molecule has 0 N–H and O–H groups in total. The molecular formula is C42H52N2O2. The molecular weight excluding hydrogens is 564 g/mol. The third-order valence-electron chi connectivity index (χ3n) is 8.96. The number of nitriles is 2. The molecule has 0 saturated heterocycles. The SMILES string of the molecule is CCCCCCCCCCOc1cc(-c2c(OCCCCCCCCCC)ccc3cc(C#N)ccc23)c2ccc(C#N)cc2c1. The smallest absolute Gasteiger partial charge is 0.127 e. The number of hydrogen-bond acceptors (Lipinski definition) is 4. The Kier molecular flexibility index (Phi) is 14.8. The Balaban J connectivity index is 1.58. The second-order valence-corrected chi connectivity index (χ2v) is 12.7. The molecule has 0 fully saturated rings. The van der Waals surface area contributed by atoms with Crippen molar-refractivity contribution in [2.24, 2.45) is 0 Å². The van der Waals surface area contributed by atoms with Gasteiger partial charge in [-0.15, -0.1) is 0 Å². The minimum Gasteiger partial charge on any atom is -0.494 e. The summed E-state index contributed by atoms with van der Waals surface area (Å²) in [5.41, 5.74) is 3.29. The van der Waals surface area contributed by atoms with Crippen molar-refractivity contribution in [3.63, 3.8) is 0 Å². The first-order chi connectivity index (χ1) is 22.7. The largest absolute Gasteiger partial charge is 0.494 e. The number of benzene rings is 4. The van der Waals surface area contributed by atoms with Gasteiger partial charge < -0.3 is 9.47 Å². The minimum absolute atomic E-state index is 0.626. The molecule has 4 nitrogen and oxygen atoms in total. The van der Waals surface area contributed by atoms with Gasteiger partial charge in [0, 0.05) is 5.56 Å². The second kappa shape index (κ2) is 19.5. The first kappa shape index (κ1) is 34.8. The fourth-order valence-electron chi connectivity index (χ4n) is 6.32. The first-order valence-electron chi connectivity index (χ1n) is 17.9. The molecule has 0 spiro atoms. The molecule has 0 unspecified atom stereocenters. The molecule has 0 aliphatic heterocycles. The van der Waals surface area contributed by atoms with Crippen LogP contribution in [0.25, 0.3) is 32.7 Å². The lowest BCUT2D eigenvalue weighted by Gasteiger charge is -2.18. The van der Waals surface area contributed by atoms with Crippen LogP contribution in [-0.4, -0.2) is 13.2 Å². The summed E-state index contributed by atoms with van der Waals surface area (Å²) in [6.45, 7) is 5.84. The van der Waals surface area contributed by atoms with E-state index in [9.17, 15) is 10.5 Å². The van der Waals surface area contributed by atoms with Crippen molar-refractivity contribution in [1.82, 2.24) is 0 Å². The number of nitrogens with zero attached hydrogens (tertiary/aromatic N) is 2. The average molecular weight is 617 g/mol. The number of rotatable bonds is 21. The van der Waals surface area contributed by atoms with Crippen molar-refractivity contribution >= 4 is 21.5 Å². The summed E-state index contributed by atoms with van der Waals surface area (Å²) in [6.07, 6.45) is 20.1. The van der Waals surface area contributed by atoms with Crippen LogP contribution in [0.3, 0.4) is 0 Å². The molecule has 0 aromatic heterocycles. The molecule has 242 valence electrons. The molecule has 4 rings (SSSR count). The van der Waals surface area contributed by atoms with Gasteiger partial charge in [0.1, 0.15) is 11.5 Å². The summed E-state index contributed by atoms with van der Waals surface area (Å²) >= 11 is 0. The Morgan fingerprint density at radius 2 is 1.02 bits per heavy atom. The van der Waals surface area contributed by atoms with Crippen LogP contribution in [0.1, 0.15) is 128 Å². The zero-order valence-corrected chi connectivity index (χ0v) is 28.2. The van der Waals surface area contributed by atoms with E-state index in [-0.39, 0.29) is 0 Å². The van der Waals surface area contributed by atoms with Crippen LogP contribution in [-0.2, 0) is 0 Å². The molecule has 0 saturated carbocycles. The Labute approximate surface area is 277 Å². The Morgan fingerprint density at radius 3 is 1.61 bits per heavy atom. The molecule has 46 heavy (non-hydrogen) atoms. The van der Waals surface area contributed by atoms with Gasteiger partial charge in [-0.3, -0.25) is 0 Å². The van der Waals surface area contributed by atoms with Crippen LogP contribution < -0.4 is 9.47 Å². The van der Waals surface area contributed by atoms with Crippen molar-refractivity contribution in [3.05, 3.63) is 71.8 Å². The van der Waals surface area contributed by atoms with E-state index in [4.69, 9.17) is 9.47 Å². The highest BCUT2D eigenvalue weighted by Crippen LogP contribution is 2.43. The van der Waals surface area contributed by atoms with Crippen LogP contribution in [0.4, 0.5) is 0 Å². The van der Waals surface area contributed by atoms with Gasteiger partial charge in [0.2, 0.25) is 0 Å². The number of hydrogen-bond donors (Lipinski definition) is 0. The van der Waals surface area contributed by atoms with E-state index in [1.165, 1.54) is 89.9 Å². The standard InChI is InChI=1S/C42H52N2O2/c1-3-5-7-9-11-13-15-17-25-45-37-29-36-28-34(32-44)19-22-38(36)40(30-37)42-39-23-20-33(31-43)27-35(39)21-24-41(42)46-26-18-16-14-12-10-8-6-4-2/h19-24,27-30H,3-18,25-26H2,1-2H3. The maximum absolute atomic E-state index is 9.66. The van der Waals surface area contributed by atoms with E-state index in [2.05, 4.69) is 44.2 Å². The van der Waals surface area contributed by atoms with Crippen LogP contribution in [0.2, 0.25) is 0 Å². The molecule has 0 amide bonds. The lowest BCUT2D eigenvalue weighted by atomic mass is 9.91. The summed E-state index contributed by atoms with van der Waals surface area (Å²) < 4.78 is 12.9. The van der Waals surface area contributed by atoms with Gasteiger partial charge >= 0.3 is 0 Å². The van der Waals surface area contributed by atoms with Crippen molar-refractivity contribution in [2.45, 2.75) is 117 Å². The fourth-order valence-corrected chi connectivity index (χ4v) is 6.32. The molecule has 0 radical (unpaired) electrons. The highest BCUT2D eigenvalue weighted by Gasteiger charge is 2.17. The number of ether oxygens (including phenoxy) is 2. The number of fused-ring (bicyclic) bond motifs is 2. The second-order valence-electron chi connectivity index (χ2n) is 12.7. The van der Waals surface area contributed by atoms with Gasteiger partial charge in [-0.25, -0.2) is 0 Å². The highest BCUT2D eigenvalue weighted by atomic mass is 16.5. The number of unbranched alkanes of at least 4 members (excludes halogenated alkanes) is 14. The molecule has 4 heteroatoms. The summed E-state index contributed by atoms with van der Waals surface area (Å²) in [4.78, 5) is 0. The normalized spacial score (nSPS) is 11.0. The Hall–Kier alpha value is -4.02. The van der Waals surface area contributed by atoms with E-state index < -0.39 is 0 Å². The van der Waals surface area contributed by atoms with Crippen LogP contribution in [0.5, 0.6) is 11.5 Å². The summed E-state index contributed by atoms with van der Waals surface area (Å²) in [7, 11) is 0. The zero-order valence-electron chi connectivity index (χ0n) is 28.2. The van der Waals surface area contributed by atoms with Crippen LogP contribution >= 0.6 is 0 Å². The van der Waals surface area contributed by atoms with Gasteiger partial charge in [0.25, 0.3) is 0 Å². The third-order valence-corrected chi connectivity index (χ3v) is 8.96. The summed E-state index contributed by atoms with van der Waals surface area (Å²) in [6, 6.07) is 24.6. The van der Waals surface area contributed by atoms with Gasteiger partial charge in [-0.1, -0.05) is 122 Å². The third kappa shape index (κ3) is 10.3. The predicted octanol–water partition coefficient (Wildman–Crippen LogP) is 12.4. The van der Waals surface area contributed by atoms with Gasteiger partial charge in [-0.05, 0) is 82.4 Å². The monoisotopic (exact) mass is 616 g/mol. The molecule has 0 aliphatic carbocycles. The van der Waals surface area contributed by atoms with Crippen molar-refractivity contribution in [1.29, 1.82) is 10.5 Å². The maximum atomic E-state index is 9.66. The van der Waals surface area contributed by atoms with Gasteiger partial charge in [0.05, 0.1) is 36.5 Å². The molecule has 0 bridgehead atoms. The summed E-state index contributed by atoms with van der Waals surface area (Å²) in [5, 5.41) is 23.3. The zero-order chi connectivity index (χ0) is 32.4. The molecule has 0 heterocycles. The predicted molar refractivity (Wildman–Crippen MR) is 193 cm³/mol. The molecule has 4 aromatic carbocycles. The van der Waals surface area contributed by atoms with Crippen molar-refractivity contribution in [2.75, 3.05) is 13.2 Å². The summed E-state index contributed by atoms with van der Waals surface area (Å²) in [5.74, 6) is 1.64. The molecule has 4 aromatic rings. The van der Waals surface area contributed by atoms with Crippen LogP contribution in [0.15, 0.2) is 60.7 Å². The highest BCUT2D eigenvalue weighted by molar-refractivity contribution is 6.08. The van der Waals surface area contributed by atoms with E-state index in [1.54, 1.807) is 0 Å². The van der Waals surface area contributed by atoms with Crippen molar-refractivity contribution in [3.8, 4) is 34.8 Å². The molecule has 0 aliphatic rings. The van der Waals surface area contributed by atoms with Gasteiger partial charge in [0.15, 0.2) is 0 Å². The Morgan fingerprint density at radius 1 is 0.500 bits per heavy atom. The van der Waals surface area contributed by atoms with Gasteiger partial charge in [-0.2, -0.15) is 10.5 Å². The topological polar surface area (TPSA) is 66.0 Å². The lowest BCUT2D eigenvalue weighted by molar-refractivity contribution is 0.304. The van der Waals surface area contributed by atoms with E-state index in [0.717, 1.165) is 57.0 Å². The fraction of sp³-hybridized carbons (Fsp3) is 0.476. The molecule has 0 atom stereocenters. The maximum Gasteiger partial charge on any atom is 0.127 e. The average Bonchev–Trinajstić information content (AvgIpc) is 3.09. The quantitative estimate of drug-likeness (QED) is 0.0873. The van der Waals surface area contributed by atoms with E-state index in [0.29, 0.717) is 24.3 Å². The van der Waals surface area contributed by atoms with Crippen molar-refractivity contribution < 1.29 is 9.47 Å². The first-order valence-corrected chi connectivity index (χ1v) is 17.9. The van der Waals surface area contributed by atoms with Crippen LogP contribution in [0, 0.1) is 22.7 Å². The van der Waals surface area contributed by atoms with E-state index >= 15 is 0 Å². The van der Waals surface area contributed by atoms with E-state index in [1.807, 2.05) is 42.5 Å². The minimum atomic E-state index is 0.626. The Bertz CT molecular complexity index is 1610.